The second kappa shape index (κ2) is 5.34. The number of nitrogens with two attached hydrogens (primary N) is 1. The molecular formula is C10H14FNOS. The quantitative estimate of drug-likeness (QED) is 0.752. The highest BCUT2D eigenvalue weighted by Gasteiger charge is 2.10. The third-order valence-corrected chi connectivity index (χ3v) is 3.05. The summed E-state index contributed by atoms with van der Waals surface area (Å²) in [5.41, 5.74) is 5.98. The Bertz CT molecular complexity index is 306. The van der Waals surface area contributed by atoms with Gasteiger partial charge in [-0.3, -0.25) is 0 Å². The summed E-state index contributed by atoms with van der Waals surface area (Å²) in [5, 5.41) is 8.94. The fourth-order valence-corrected chi connectivity index (χ4v) is 2.09. The van der Waals surface area contributed by atoms with E-state index in [1.54, 1.807) is 6.07 Å². The van der Waals surface area contributed by atoms with Crippen LogP contribution in [0.4, 0.5) is 4.39 Å². The first-order valence-corrected chi connectivity index (χ1v) is 5.32. The predicted molar refractivity (Wildman–Crippen MR) is 56.7 cm³/mol. The highest BCUT2D eigenvalue weighted by molar-refractivity contribution is 8.00. The minimum Gasteiger partial charge on any atom is -0.395 e. The van der Waals surface area contributed by atoms with E-state index in [9.17, 15) is 4.39 Å². The Morgan fingerprint density at radius 3 is 2.86 bits per heavy atom. The van der Waals surface area contributed by atoms with Crippen LogP contribution in [-0.4, -0.2) is 17.0 Å². The minimum atomic E-state index is -0.275. The van der Waals surface area contributed by atoms with Gasteiger partial charge in [-0.05, 0) is 12.1 Å². The first kappa shape index (κ1) is 11.5. The van der Waals surface area contributed by atoms with Gasteiger partial charge in [0, 0.05) is 22.3 Å². The van der Waals surface area contributed by atoms with E-state index in [2.05, 4.69) is 0 Å². The van der Waals surface area contributed by atoms with Crippen molar-refractivity contribution in [3.8, 4) is 0 Å². The molecule has 0 aliphatic heterocycles. The van der Waals surface area contributed by atoms with Crippen molar-refractivity contribution < 1.29 is 9.50 Å². The van der Waals surface area contributed by atoms with Crippen molar-refractivity contribution in [1.82, 2.24) is 0 Å². The van der Waals surface area contributed by atoms with Gasteiger partial charge >= 0.3 is 0 Å². The molecule has 1 aromatic rings. The van der Waals surface area contributed by atoms with Crippen LogP contribution < -0.4 is 5.73 Å². The normalized spacial score (nSPS) is 12.9. The molecule has 0 heterocycles. The number of thioether (sulfide) groups is 1. The molecule has 0 fully saturated rings. The van der Waals surface area contributed by atoms with Gasteiger partial charge in [-0.15, -0.1) is 11.8 Å². The molecule has 14 heavy (non-hydrogen) atoms. The lowest BCUT2D eigenvalue weighted by Gasteiger charge is -2.11. The number of hydrogen-bond donors (Lipinski definition) is 2. The van der Waals surface area contributed by atoms with E-state index < -0.39 is 0 Å². The van der Waals surface area contributed by atoms with Crippen LogP contribution in [0.1, 0.15) is 12.5 Å². The fourth-order valence-electron chi connectivity index (χ4n) is 1.10. The molecule has 4 heteroatoms. The van der Waals surface area contributed by atoms with Crippen LogP contribution in [0.3, 0.4) is 0 Å². The molecule has 0 saturated heterocycles. The third kappa shape index (κ3) is 2.70. The van der Waals surface area contributed by atoms with E-state index >= 15 is 0 Å². The molecule has 0 bridgehead atoms. The minimum absolute atomic E-state index is 0.0575. The highest BCUT2D eigenvalue weighted by atomic mass is 32.2. The first-order valence-electron chi connectivity index (χ1n) is 4.44. The fraction of sp³-hybridized carbons (Fsp3) is 0.400. The number of benzene rings is 1. The summed E-state index contributed by atoms with van der Waals surface area (Å²) >= 11 is 1.44. The van der Waals surface area contributed by atoms with Gasteiger partial charge in [-0.1, -0.05) is 13.0 Å². The van der Waals surface area contributed by atoms with Crippen molar-refractivity contribution in [3.63, 3.8) is 0 Å². The zero-order valence-electron chi connectivity index (χ0n) is 8.03. The Balaban J connectivity index is 2.90. The van der Waals surface area contributed by atoms with Crippen LogP contribution in [0.15, 0.2) is 23.1 Å². The Labute approximate surface area is 87.3 Å². The molecule has 0 aromatic heterocycles. The lowest BCUT2D eigenvalue weighted by Crippen LogP contribution is -2.06. The van der Waals surface area contributed by atoms with Crippen LogP contribution in [0.25, 0.3) is 0 Å². The monoisotopic (exact) mass is 215 g/mol. The molecule has 1 atom stereocenters. The van der Waals surface area contributed by atoms with Gasteiger partial charge in [0.2, 0.25) is 0 Å². The van der Waals surface area contributed by atoms with Crippen LogP contribution in [0.2, 0.25) is 0 Å². The van der Waals surface area contributed by atoms with Gasteiger partial charge in [0.25, 0.3) is 0 Å². The van der Waals surface area contributed by atoms with Crippen molar-refractivity contribution in [2.45, 2.75) is 23.6 Å². The standard InChI is InChI=1S/C10H14FNOS/c1-7(6-13)14-10-4-2-3-9(11)8(10)5-12/h2-4,7,13H,5-6,12H2,1H3. The Hall–Kier alpha value is -0.580. The average molecular weight is 215 g/mol. The number of aliphatic hydroxyl groups is 1. The summed E-state index contributed by atoms with van der Waals surface area (Å²) in [6.07, 6.45) is 0. The van der Waals surface area contributed by atoms with Gasteiger partial charge in [-0.2, -0.15) is 0 Å². The molecule has 1 unspecified atom stereocenters. The lowest BCUT2D eigenvalue weighted by molar-refractivity contribution is 0.300. The van der Waals surface area contributed by atoms with E-state index in [1.165, 1.54) is 17.8 Å². The molecule has 1 rings (SSSR count). The summed E-state index contributed by atoms with van der Waals surface area (Å²) in [7, 11) is 0. The van der Waals surface area contributed by atoms with Gasteiger partial charge in [0.15, 0.2) is 0 Å². The maximum atomic E-state index is 13.2. The summed E-state index contributed by atoms with van der Waals surface area (Å²) in [6.45, 7) is 2.15. The van der Waals surface area contributed by atoms with Crippen molar-refractivity contribution in [1.29, 1.82) is 0 Å². The van der Waals surface area contributed by atoms with E-state index in [-0.39, 0.29) is 24.2 Å². The number of hydrogen-bond acceptors (Lipinski definition) is 3. The molecular weight excluding hydrogens is 201 g/mol. The average Bonchev–Trinajstić information content (AvgIpc) is 2.18. The second-order valence-electron chi connectivity index (χ2n) is 3.03. The van der Waals surface area contributed by atoms with Gasteiger partial charge in [0.1, 0.15) is 5.82 Å². The van der Waals surface area contributed by atoms with E-state index in [1.807, 2.05) is 13.0 Å². The lowest BCUT2D eigenvalue weighted by atomic mass is 10.2. The SMILES string of the molecule is CC(CO)Sc1cccc(F)c1CN. The second-order valence-corrected chi connectivity index (χ2v) is 4.51. The van der Waals surface area contributed by atoms with Crippen molar-refractivity contribution in [2.75, 3.05) is 6.61 Å². The summed E-state index contributed by atoms with van der Waals surface area (Å²) in [4.78, 5) is 0.814. The summed E-state index contributed by atoms with van der Waals surface area (Å²) in [6, 6.07) is 4.87. The van der Waals surface area contributed by atoms with Crippen molar-refractivity contribution in [3.05, 3.63) is 29.6 Å². The highest BCUT2D eigenvalue weighted by Crippen LogP contribution is 2.27. The predicted octanol–water partition coefficient (Wildman–Crippen LogP) is 1.76. The van der Waals surface area contributed by atoms with E-state index in [4.69, 9.17) is 10.8 Å². The van der Waals surface area contributed by atoms with Crippen LogP contribution in [0, 0.1) is 5.82 Å². The molecule has 0 amide bonds. The number of rotatable bonds is 4. The maximum Gasteiger partial charge on any atom is 0.128 e. The largest absolute Gasteiger partial charge is 0.395 e. The van der Waals surface area contributed by atoms with E-state index in [0.29, 0.717) is 5.56 Å². The number of halogens is 1. The molecule has 0 radical (unpaired) electrons. The Kier molecular flexibility index (Phi) is 4.38. The van der Waals surface area contributed by atoms with Crippen LogP contribution in [-0.2, 0) is 6.54 Å². The maximum absolute atomic E-state index is 13.2. The van der Waals surface area contributed by atoms with Gasteiger partial charge < -0.3 is 10.8 Å². The van der Waals surface area contributed by atoms with Gasteiger partial charge in [0.05, 0.1) is 6.61 Å². The summed E-state index contributed by atoms with van der Waals surface area (Å²) in [5.74, 6) is -0.275. The van der Waals surface area contributed by atoms with Crippen LogP contribution >= 0.6 is 11.8 Å². The molecule has 0 saturated carbocycles. The molecule has 0 aliphatic carbocycles. The molecule has 2 nitrogen and oxygen atoms in total. The zero-order valence-corrected chi connectivity index (χ0v) is 8.85. The Morgan fingerprint density at radius 1 is 1.57 bits per heavy atom. The topological polar surface area (TPSA) is 46.2 Å². The first-order chi connectivity index (χ1) is 6.69. The molecule has 78 valence electrons. The molecule has 1 aromatic carbocycles. The third-order valence-electron chi connectivity index (χ3n) is 1.87. The van der Waals surface area contributed by atoms with Crippen molar-refractivity contribution >= 4 is 11.8 Å². The molecule has 0 aliphatic rings. The number of aliphatic hydroxyl groups excluding tert-OH is 1. The van der Waals surface area contributed by atoms with Gasteiger partial charge in [-0.25, -0.2) is 4.39 Å². The Morgan fingerprint density at radius 2 is 2.29 bits per heavy atom. The van der Waals surface area contributed by atoms with E-state index in [0.717, 1.165) is 4.90 Å². The van der Waals surface area contributed by atoms with Crippen molar-refractivity contribution in [2.24, 2.45) is 5.73 Å². The smallest absolute Gasteiger partial charge is 0.128 e. The summed E-state index contributed by atoms with van der Waals surface area (Å²) < 4.78 is 13.2. The van der Waals surface area contributed by atoms with Crippen LogP contribution in [0.5, 0.6) is 0 Å². The molecule has 3 N–H and O–H groups in total. The molecule has 0 spiro atoms. The zero-order chi connectivity index (χ0) is 10.6.